The molecule has 9 aromatic rings. The highest BCUT2D eigenvalue weighted by molar-refractivity contribution is 6.11. The van der Waals surface area contributed by atoms with Crippen molar-refractivity contribution in [2.75, 3.05) is 9.80 Å². The van der Waals surface area contributed by atoms with Gasteiger partial charge in [0.15, 0.2) is 0 Å². The van der Waals surface area contributed by atoms with E-state index in [1.54, 1.807) is 18.2 Å². The van der Waals surface area contributed by atoms with Crippen LogP contribution in [-0.4, -0.2) is 0 Å². The monoisotopic (exact) mass is 918 g/mol. The van der Waals surface area contributed by atoms with Gasteiger partial charge in [0.25, 0.3) is 0 Å². The number of para-hydroxylation sites is 1. The summed E-state index contributed by atoms with van der Waals surface area (Å²) in [5.41, 5.74) is 18.7. The number of nitrogens with zero attached hydrogens (tertiary/aromatic N) is 2. The molecule has 70 heavy (non-hydrogen) atoms. The van der Waals surface area contributed by atoms with Crippen molar-refractivity contribution >= 4 is 68.0 Å². The smallest absolute Gasteiger partial charge is 0.147 e. The molecule has 1 heterocycles. The van der Waals surface area contributed by atoms with E-state index in [1.807, 2.05) is 25.1 Å². The van der Waals surface area contributed by atoms with Crippen LogP contribution in [-0.2, 0) is 16.2 Å². The van der Waals surface area contributed by atoms with Gasteiger partial charge in [0.1, 0.15) is 17.2 Å². The third-order valence-corrected chi connectivity index (χ3v) is 14.6. The van der Waals surface area contributed by atoms with E-state index in [0.29, 0.717) is 5.69 Å². The topological polar surface area (TPSA) is 19.6 Å². The van der Waals surface area contributed by atoms with E-state index in [1.165, 1.54) is 55.6 Å². The predicted molar refractivity (Wildman–Crippen MR) is 298 cm³/mol. The Bertz CT molecular complexity index is 3540. The van der Waals surface area contributed by atoms with Gasteiger partial charge >= 0.3 is 0 Å². The van der Waals surface area contributed by atoms with E-state index >= 15 is 4.39 Å². The molecule has 0 N–H and O–H groups in total. The maximum Gasteiger partial charge on any atom is 0.147 e. The summed E-state index contributed by atoms with van der Waals surface area (Å²) in [4.78, 5) is 4.56. The van der Waals surface area contributed by atoms with E-state index in [4.69, 9.17) is 4.42 Å². The zero-order valence-corrected chi connectivity index (χ0v) is 42.6. The number of fused-ring (bicyclic) bond motifs is 6. The summed E-state index contributed by atoms with van der Waals surface area (Å²) < 4.78 is 23.1. The molecule has 1 aromatic heterocycles. The number of anilines is 6. The quantitative estimate of drug-likeness (QED) is 0.144. The van der Waals surface area contributed by atoms with Gasteiger partial charge in [-0.1, -0.05) is 159 Å². The highest BCUT2D eigenvalue weighted by atomic mass is 19.1. The molecule has 1 aliphatic rings. The second-order valence-electron chi connectivity index (χ2n) is 21.7. The molecular formula is C66H63FN2O. The third-order valence-electron chi connectivity index (χ3n) is 14.6. The summed E-state index contributed by atoms with van der Waals surface area (Å²) in [6.45, 7) is 28.8. The number of rotatable bonds is 9. The zero-order chi connectivity index (χ0) is 49.4. The van der Waals surface area contributed by atoms with Crippen LogP contribution in [0.1, 0.15) is 107 Å². The van der Waals surface area contributed by atoms with Gasteiger partial charge in [-0.25, -0.2) is 4.39 Å². The Morgan fingerprint density at radius 2 is 1.17 bits per heavy atom. The molecule has 0 unspecified atom stereocenters. The van der Waals surface area contributed by atoms with E-state index in [2.05, 4.69) is 219 Å². The van der Waals surface area contributed by atoms with Crippen molar-refractivity contribution in [2.45, 2.75) is 92.4 Å². The number of hydrogen-bond acceptors (Lipinski definition) is 3. The first-order valence-corrected chi connectivity index (χ1v) is 24.6. The molecule has 0 fully saturated rings. The molecule has 0 spiro atoms. The summed E-state index contributed by atoms with van der Waals surface area (Å²) in [6, 6.07) is 53.8. The highest BCUT2D eigenvalue weighted by Crippen LogP contribution is 2.56. The second kappa shape index (κ2) is 17.2. The standard InChI is InChI=1S/C66H63FN2O/c1-13-22-53-60(14-2)70-61-30-21-29-58(63(53)61)68(45-31-33-49(42(4)35-45)48-24-16-15-23-41(48)3)46-32-34-52-54(39-46)66(11,12)55-40-59(50-25-17-18-26-51(50)62(52)55)69(57-28-20-19-27-56(57)67)47-37-43(64(5,6)7)36-44(38-47)65(8,9)10/h13-40H,2H2,1,3-12H3/b22-13-. The molecule has 1 aliphatic carbocycles. The Morgan fingerprint density at radius 1 is 0.557 bits per heavy atom. The largest absolute Gasteiger partial charge is 0.456 e. The van der Waals surface area contributed by atoms with Crippen molar-refractivity contribution < 1.29 is 8.81 Å². The fourth-order valence-corrected chi connectivity index (χ4v) is 10.8. The molecule has 0 atom stereocenters. The lowest BCUT2D eigenvalue weighted by Gasteiger charge is -2.33. The lowest BCUT2D eigenvalue weighted by atomic mass is 9.80. The summed E-state index contributed by atoms with van der Waals surface area (Å²) in [6.07, 6.45) is 5.98. The number of halogens is 1. The summed E-state index contributed by atoms with van der Waals surface area (Å²) in [7, 11) is 0. The fraction of sp³-hybridized carbons (Fsp3) is 0.212. The molecule has 8 aromatic carbocycles. The maximum atomic E-state index is 16.6. The predicted octanol–water partition coefficient (Wildman–Crippen LogP) is 19.5. The SMILES string of the molecule is C=Cc1oc2cccc(N(c3ccc(-c4ccccc4C)c(C)c3)c3ccc4c(c3)C(C)(C)c3cc(N(c5cc(C(C)(C)C)cc(C(C)(C)C)c5)c5ccccc5F)c5ccccc5c3-4)c2c1/C=C\C. The van der Waals surface area contributed by atoms with Crippen molar-refractivity contribution in [1.29, 1.82) is 0 Å². The molecule has 10 rings (SSSR count). The van der Waals surface area contributed by atoms with Crippen LogP contribution in [0.4, 0.5) is 38.5 Å². The first kappa shape index (κ1) is 46.3. The van der Waals surface area contributed by atoms with Crippen LogP contribution in [0.5, 0.6) is 0 Å². The minimum absolute atomic E-state index is 0.140. The van der Waals surface area contributed by atoms with E-state index < -0.39 is 5.41 Å². The van der Waals surface area contributed by atoms with E-state index in [9.17, 15) is 0 Å². The van der Waals surface area contributed by atoms with Crippen molar-refractivity contribution in [3.05, 3.63) is 215 Å². The molecule has 0 aliphatic heterocycles. The number of benzene rings is 8. The molecule has 0 saturated carbocycles. The molecule has 0 saturated heterocycles. The van der Waals surface area contributed by atoms with Crippen LogP contribution in [0.2, 0.25) is 0 Å². The number of aryl methyl sites for hydroxylation is 2. The van der Waals surface area contributed by atoms with E-state index in [0.717, 1.165) is 61.5 Å². The van der Waals surface area contributed by atoms with Gasteiger partial charge in [0, 0.05) is 33.4 Å². The normalized spacial score (nSPS) is 13.3. The van der Waals surface area contributed by atoms with Gasteiger partial charge in [0.05, 0.1) is 22.4 Å². The maximum absolute atomic E-state index is 16.6. The van der Waals surface area contributed by atoms with Crippen molar-refractivity contribution in [3.8, 4) is 22.3 Å². The first-order chi connectivity index (χ1) is 33.4. The number of hydrogen-bond donors (Lipinski definition) is 0. The van der Waals surface area contributed by atoms with Crippen LogP contribution in [0.25, 0.3) is 56.1 Å². The first-order valence-electron chi connectivity index (χ1n) is 24.6. The van der Waals surface area contributed by atoms with Crippen molar-refractivity contribution in [2.24, 2.45) is 0 Å². The molecule has 0 amide bonds. The molecule has 0 radical (unpaired) electrons. The summed E-state index contributed by atoms with van der Waals surface area (Å²) in [5.74, 6) is 0.467. The Labute approximate surface area is 414 Å². The number of allylic oxidation sites excluding steroid dienone is 1. The third kappa shape index (κ3) is 7.75. The zero-order valence-electron chi connectivity index (χ0n) is 42.6. The lowest BCUT2D eigenvalue weighted by molar-refractivity contribution is 0.568. The average Bonchev–Trinajstić information content (AvgIpc) is 3.80. The molecule has 0 bridgehead atoms. The van der Waals surface area contributed by atoms with Gasteiger partial charge in [-0.15, -0.1) is 0 Å². The lowest BCUT2D eigenvalue weighted by Crippen LogP contribution is -2.20. The van der Waals surface area contributed by atoms with Crippen LogP contribution >= 0.6 is 0 Å². The van der Waals surface area contributed by atoms with Gasteiger partial charge in [0.2, 0.25) is 0 Å². The van der Waals surface area contributed by atoms with Gasteiger partial charge in [-0.3, -0.25) is 0 Å². The minimum Gasteiger partial charge on any atom is -0.456 e. The van der Waals surface area contributed by atoms with E-state index in [-0.39, 0.29) is 16.6 Å². The summed E-state index contributed by atoms with van der Waals surface area (Å²) >= 11 is 0. The molecule has 3 nitrogen and oxygen atoms in total. The van der Waals surface area contributed by atoms with Crippen molar-refractivity contribution in [1.82, 2.24) is 0 Å². The molecular weight excluding hydrogens is 856 g/mol. The summed E-state index contributed by atoms with van der Waals surface area (Å²) in [5, 5.41) is 3.21. The molecule has 350 valence electrons. The van der Waals surface area contributed by atoms with Crippen LogP contribution in [0.3, 0.4) is 0 Å². The molecule has 4 heteroatoms. The van der Waals surface area contributed by atoms with Gasteiger partial charge in [-0.05, 0) is 165 Å². The average molecular weight is 919 g/mol. The second-order valence-corrected chi connectivity index (χ2v) is 21.7. The van der Waals surface area contributed by atoms with Gasteiger partial charge in [-0.2, -0.15) is 0 Å². The Balaban J connectivity index is 1.21. The Morgan fingerprint density at radius 3 is 1.83 bits per heavy atom. The number of furan rings is 1. The van der Waals surface area contributed by atoms with Crippen LogP contribution < -0.4 is 9.80 Å². The fourth-order valence-electron chi connectivity index (χ4n) is 10.8. The van der Waals surface area contributed by atoms with Crippen LogP contribution in [0, 0.1) is 19.7 Å². The minimum atomic E-state index is -0.450. The Hall–Kier alpha value is -7.43. The van der Waals surface area contributed by atoms with Gasteiger partial charge < -0.3 is 14.2 Å². The Kier molecular flexibility index (Phi) is 11.4. The van der Waals surface area contributed by atoms with Crippen LogP contribution in [0.15, 0.2) is 169 Å². The highest BCUT2D eigenvalue weighted by Gasteiger charge is 2.39. The van der Waals surface area contributed by atoms with Crippen molar-refractivity contribution in [3.63, 3.8) is 0 Å².